The zero-order valence-electron chi connectivity index (χ0n) is 14.5. The van der Waals surface area contributed by atoms with Crippen LogP contribution in [0.25, 0.3) is 0 Å². The van der Waals surface area contributed by atoms with Gasteiger partial charge < -0.3 is 15.4 Å². The van der Waals surface area contributed by atoms with Crippen molar-refractivity contribution in [3.8, 4) is 0 Å². The Kier molecular flexibility index (Phi) is 6.24. The standard InChI is InChI=1S/C20H19BrN2O4/c21-14-7-5-13(6-8-14)11-19(25)27-12-18(24)23-17-4-2-1-3-16(17)20(26)22-15-9-10-15/h1-8,15H,9-12H2,(H,22,26)(H,23,24). The number of rotatable bonds is 7. The zero-order valence-corrected chi connectivity index (χ0v) is 16.1. The summed E-state index contributed by atoms with van der Waals surface area (Å²) in [6.07, 6.45) is 2.05. The van der Waals surface area contributed by atoms with E-state index in [0.29, 0.717) is 11.3 Å². The number of halogens is 1. The molecule has 2 aromatic carbocycles. The van der Waals surface area contributed by atoms with Gasteiger partial charge in [-0.1, -0.05) is 40.2 Å². The van der Waals surface area contributed by atoms with Gasteiger partial charge in [0.1, 0.15) is 0 Å². The van der Waals surface area contributed by atoms with Crippen molar-refractivity contribution in [2.75, 3.05) is 11.9 Å². The highest BCUT2D eigenvalue weighted by atomic mass is 79.9. The minimum Gasteiger partial charge on any atom is -0.455 e. The average Bonchev–Trinajstić information content (AvgIpc) is 3.46. The zero-order chi connectivity index (χ0) is 19.2. The fourth-order valence-corrected chi connectivity index (χ4v) is 2.70. The molecule has 27 heavy (non-hydrogen) atoms. The largest absolute Gasteiger partial charge is 0.455 e. The van der Waals surface area contributed by atoms with Gasteiger partial charge in [0.2, 0.25) is 0 Å². The fourth-order valence-electron chi connectivity index (χ4n) is 2.43. The molecule has 2 N–H and O–H groups in total. The van der Waals surface area contributed by atoms with Crippen LogP contribution in [0.2, 0.25) is 0 Å². The minimum atomic E-state index is -0.495. The van der Waals surface area contributed by atoms with Crippen molar-refractivity contribution < 1.29 is 19.1 Å². The van der Waals surface area contributed by atoms with E-state index in [9.17, 15) is 14.4 Å². The number of hydrogen-bond acceptors (Lipinski definition) is 4. The number of amides is 2. The monoisotopic (exact) mass is 430 g/mol. The lowest BCUT2D eigenvalue weighted by Gasteiger charge is -2.11. The molecule has 3 rings (SSSR count). The van der Waals surface area contributed by atoms with Gasteiger partial charge in [-0.3, -0.25) is 14.4 Å². The molecule has 7 heteroatoms. The quantitative estimate of drug-likeness (QED) is 0.661. The number of ether oxygens (including phenoxy) is 1. The molecule has 1 aliphatic carbocycles. The van der Waals surface area contributed by atoms with Crippen LogP contribution in [0.15, 0.2) is 53.0 Å². The van der Waals surface area contributed by atoms with Gasteiger partial charge in [-0.25, -0.2) is 0 Å². The topological polar surface area (TPSA) is 84.5 Å². The number of carbonyl (C=O) groups is 3. The molecule has 1 saturated carbocycles. The Labute approximate surface area is 165 Å². The van der Waals surface area contributed by atoms with Gasteiger partial charge in [0.25, 0.3) is 11.8 Å². The molecule has 0 saturated heterocycles. The third-order valence-corrected chi connectivity index (χ3v) is 4.51. The first kappa shape index (κ1) is 19.1. The summed E-state index contributed by atoms with van der Waals surface area (Å²) >= 11 is 3.33. The van der Waals surface area contributed by atoms with Gasteiger partial charge in [-0.2, -0.15) is 0 Å². The number of anilines is 1. The van der Waals surface area contributed by atoms with E-state index in [0.717, 1.165) is 22.9 Å². The molecule has 140 valence electrons. The predicted molar refractivity (Wildman–Crippen MR) is 104 cm³/mol. The van der Waals surface area contributed by atoms with E-state index in [1.54, 1.807) is 36.4 Å². The average molecular weight is 431 g/mol. The van der Waals surface area contributed by atoms with Crippen LogP contribution in [0.3, 0.4) is 0 Å². The highest BCUT2D eigenvalue weighted by molar-refractivity contribution is 9.10. The van der Waals surface area contributed by atoms with Crippen LogP contribution in [-0.2, 0) is 20.7 Å². The highest BCUT2D eigenvalue weighted by Crippen LogP contribution is 2.21. The number of esters is 1. The van der Waals surface area contributed by atoms with Crippen LogP contribution in [0.1, 0.15) is 28.8 Å². The van der Waals surface area contributed by atoms with E-state index in [-0.39, 0.29) is 18.4 Å². The molecule has 0 heterocycles. The lowest BCUT2D eigenvalue weighted by Crippen LogP contribution is -2.28. The first-order valence-electron chi connectivity index (χ1n) is 8.61. The summed E-state index contributed by atoms with van der Waals surface area (Å²) in [4.78, 5) is 36.2. The fraction of sp³-hybridized carbons (Fsp3) is 0.250. The Hall–Kier alpha value is -2.67. The Morgan fingerprint density at radius 2 is 1.74 bits per heavy atom. The molecule has 0 unspecified atom stereocenters. The maximum atomic E-state index is 12.2. The molecule has 1 fully saturated rings. The van der Waals surface area contributed by atoms with Crippen molar-refractivity contribution in [1.29, 1.82) is 0 Å². The summed E-state index contributed by atoms with van der Waals surface area (Å²) < 4.78 is 5.94. The van der Waals surface area contributed by atoms with Gasteiger partial charge in [0.15, 0.2) is 6.61 Å². The molecule has 0 aliphatic heterocycles. The van der Waals surface area contributed by atoms with Crippen molar-refractivity contribution in [3.05, 3.63) is 64.1 Å². The van der Waals surface area contributed by atoms with Crippen molar-refractivity contribution in [2.45, 2.75) is 25.3 Å². The van der Waals surface area contributed by atoms with Gasteiger partial charge in [-0.15, -0.1) is 0 Å². The molecule has 0 spiro atoms. The van der Waals surface area contributed by atoms with Crippen LogP contribution in [-0.4, -0.2) is 30.4 Å². The highest BCUT2D eigenvalue weighted by Gasteiger charge is 2.25. The minimum absolute atomic E-state index is 0.0843. The van der Waals surface area contributed by atoms with Gasteiger partial charge in [-0.05, 0) is 42.7 Å². The van der Waals surface area contributed by atoms with Crippen LogP contribution in [0.4, 0.5) is 5.69 Å². The van der Waals surface area contributed by atoms with E-state index >= 15 is 0 Å². The Balaban J connectivity index is 1.51. The van der Waals surface area contributed by atoms with E-state index in [4.69, 9.17) is 4.74 Å². The molecule has 0 atom stereocenters. The first-order valence-corrected chi connectivity index (χ1v) is 9.40. The lowest BCUT2D eigenvalue weighted by molar-refractivity contribution is -0.146. The lowest BCUT2D eigenvalue weighted by atomic mass is 10.1. The van der Waals surface area contributed by atoms with E-state index < -0.39 is 18.5 Å². The van der Waals surface area contributed by atoms with Crippen LogP contribution in [0.5, 0.6) is 0 Å². The second-order valence-corrected chi connectivity index (χ2v) is 7.22. The maximum absolute atomic E-state index is 12.2. The molecule has 0 bridgehead atoms. The predicted octanol–water partition coefficient (Wildman–Crippen LogP) is 3.07. The van der Waals surface area contributed by atoms with Gasteiger partial charge >= 0.3 is 5.97 Å². The second kappa shape index (κ2) is 8.81. The Morgan fingerprint density at radius 3 is 2.44 bits per heavy atom. The van der Waals surface area contributed by atoms with Crippen LogP contribution >= 0.6 is 15.9 Å². The molecule has 2 aromatic rings. The molecule has 0 radical (unpaired) electrons. The van der Waals surface area contributed by atoms with Gasteiger partial charge in [0.05, 0.1) is 17.7 Å². The molecule has 2 amide bonds. The normalized spacial score (nSPS) is 12.9. The third kappa shape index (κ3) is 5.92. The summed E-state index contributed by atoms with van der Waals surface area (Å²) in [6, 6.07) is 14.2. The first-order chi connectivity index (χ1) is 13.0. The Morgan fingerprint density at radius 1 is 1.04 bits per heavy atom. The number of carbonyl (C=O) groups excluding carboxylic acids is 3. The SMILES string of the molecule is O=C(COC(=O)Cc1ccc(Br)cc1)Nc1ccccc1C(=O)NC1CC1. The van der Waals surface area contributed by atoms with E-state index in [1.165, 1.54) is 0 Å². The number of benzene rings is 2. The molecular formula is C20H19BrN2O4. The van der Waals surface area contributed by atoms with Crippen molar-refractivity contribution in [3.63, 3.8) is 0 Å². The van der Waals surface area contributed by atoms with Crippen molar-refractivity contribution in [2.24, 2.45) is 0 Å². The smallest absolute Gasteiger partial charge is 0.310 e. The third-order valence-electron chi connectivity index (χ3n) is 3.98. The summed E-state index contributed by atoms with van der Waals surface area (Å²) in [7, 11) is 0. The van der Waals surface area contributed by atoms with E-state index in [1.807, 2.05) is 12.1 Å². The summed E-state index contributed by atoms with van der Waals surface area (Å²) in [5, 5.41) is 5.51. The molecule has 0 aromatic heterocycles. The summed E-state index contributed by atoms with van der Waals surface area (Å²) in [5.74, 6) is -1.21. The van der Waals surface area contributed by atoms with E-state index in [2.05, 4.69) is 26.6 Å². The van der Waals surface area contributed by atoms with Crippen LogP contribution < -0.4 is 10.6 Å². The molecule has 1 aliphatic rings. The number of para-hydroxylation sites is 1. The maximum Gasteiger partial charge on any atom is 0.310 e. The number of hydrogen-bond donors (Lipinski definition) is 2. The molecular weight excluding hydrogens is 412 g/mol. The van der Waals surface area contributed by atoms with Crippen LogP contribution in [0, 0.1) is 0 Å². The van der Waals surface area contributed by atoms with Crippen molar-refractivity contribution in [1.82, 2.24) is 5.32 Å². The summed E-state index contributed by atoms with van der Waals surface area (Å²) in [5.41, 5.74) is 1.58. The number of nitrogens with one attached hydrogen (secondary N) is 2. The summed E-state index contributed by atoms with van der Waals surface area (Å²) in [6.45, 7) is -0.409. The Bertz CT molecular complexity index is 847. The molecule has 6 nitrogen and oxygen atoms in total. The van der Waals surface area contributed by atoms with Crippen molar-refractivity contribution >= 4 is 39.4 Å². The second-order valence-electron chi connectivity index (χ2n) is 6.31. The van der Waals surface area contributed by atoms with Gasteiger partial charge in [0, 0.05) is 10.5 Å².